The second-order valence-corrected chi connectivity index (χ2v) is 2.74. The van der Waals surface area contributed by atoms with E-state index in [4.69, 9.17) is 11.6 Å². The number of amides is 1. The van der Waals surface area contributed by atoms with Crippen molar-refractivity contribution < 1.29 is 9.52 Å². The average molecular weight is 201 g/mol. The summed E-state index contributed by atoms with van der Waals surface area (Å²) >= 11 is 5.28. The molecule has 0 unspecified atom stereocenters. The molecule has 0 saturated carbocycles. The van der Waals surface area contributed by atoms with Crippen molar-refractivity contribution in [1.29, 1.82) is 0 Å². The van der Waals surface area contributed by atoms with Crippen molar-refractivity contribution in [3.63, 3.8) is 0 Å². The molecule has 0 aliphatic rings. The van der Waals surface area contributed by atoms with Gasteiger partial charge in [-0.3, -0.25) is 4.79 Å². The zero-order valence-electron chi connectivity index (χ0n) is 6.87. The summed E-state index contributed by atoms with van der Waals surface area (Å²) in [4.78, 5) is 10.7. The Bertz CT molecular complexity index is 287. The van der Waals surface area contributed by atoms with Crippen LogP contribution in [0.4, 0.5) is 0 Å². The van der Waals surface area contributed by atoms with E-state index in [-0.39, 0.29) is 11.8 Å². The molecule has 0 fully saturated rings. The molecule has 0 radical (unpaired) electrons. The largest absolute Gasteiger partial charge is 0.619 e. The minimum atomic E-state index is -0.222. The third kappa shape index (κ3) is 3.29. The Labute approximate surface area is 80.7 Å². The molecule has 70 valence electrons. The monoisotopic (exact) mass is 200 g/mol. The first kappa shape index (κ1) is 9.80. The highest BCUT2D eigenvalue weighted by Gasteiger charge is 1.98. The third-order valence-corrected chi connectivity index (χ3v) is 1.72. The van der Waals surface area contributed by atoms with Crippen LogP contribution in [0.1, 0.15) is 5.56 Å². The predicted molar refractivity (Wildman–Crippen MR) is 48.0 cm³/mol. The van der Waals surface area contributed by atoms with Crippen LogP contribution < -0.4 is 10.0 Å². The highest BCUT2D eigenvalue weighted by Crippen LogP contribution is 1.93. The van der Waals surface area contributed by atoms with Crippen LogP contribution in [0.2, 0.25) is 0 Å². The van der Waals surface area contributed by atoms with Crippen molar-refractivity contribution in [3.8, 4) is 0 Å². The minimum Gasteiger partial charge on any atom is -0.619 e. The van der Waals surface area contributed by atoms with Crippen molar-refractivity contribution in [3.05, 3.63) is 35.3 Å². The number of carbonyl (C=O) groups excluding carboxylic acids is 1. The number of aromatic nitrogens is 1. The first-order chi connectivity index (χ1) is 6.22. The summed E-state index contributed by atoms with van der Waals surface area (Å²) in [6, 6.07) is 3.28. The molecular formula is C8H9ClN2O2. The highest BCUT2D eigenvalue weighted by molar-refractivity contribution is 6.27. The molecule has 0 saturated heterocycles. The lowest BCUT2D eigenvalue weighted by atomic mass is 10.3. The Kier molecular flexibility index (Phi) is 3.52. The standard InChI is InChI=1S/C8H9ClN2O2/c9-5-8(12)10-6-7-1-3-11(13)4-2-7/h1-4H,5-6H2,(H,10,12). The number of carbonyl (C=O) groups is 1. The quantitative estimate of drug-likeness (QED) is 0.430. The van der Waals surface area contributed by atoms with E-state index in [1.807, 2.05) is 0 Å². The summed E-state index contributed by atoms with van der Waals surface area (Å²) in [5, 5.41) is 13.2. The lowest BCUT2D eigenvalue weighted by Crippen LogP contribution is -2.26. The Balaban J connectivity index is 2.46. The number of hydrogen-bond donors (Lipinski definition) is 1. The van der Waals surface area contributed by atoms with E-state index >= 15 is 0 Å². The van der Waals surface area contributed by atoms with Crippen molar-refractivity contribution in [1.82, 2.24) is 5.32 Å². The number of nitrogens with zero attached hydrogens (tertiary/aromatic N) is 1. The molecule has 0 atom stereocenters. The third-order valence-electron chi connectivity index (χ3n) is 1.48. The molecular weight excluding hydrogens is 192 g/mol. The highest BCUT2D eigenvalue weighted by atomic mass is 35.5. The number of hydrogen-bond acceptors (Lipinski definition) is 2. The van der Waals surface area contributed by atoms with Gasteiger partial charge in [0.25, 0.3) is 0 Å². The van der Waals surface area contributed by atoms with Crippen LogP contribution in [0, 0.1) is 5.21 Å². The molecule has 1 amide bonds. The van der Waals surface area contributed by atoms with Gasteiger partial charge in [0.1, 0.15) is 5.88 Å². The van der Waals surface area contributed by atoms with E-state index in [0.717, 1.165) is 5.56 Å². The molecule has 0 bridgehead atoms. The van der Waals surface area contributed by atoms with Crippen LogP contribution in [0.5, 0.6) is 0 Å². The van der Waals surface area contributed by atoms with Crippen LogP contribution in [-0.2, 0) is 11.3 Å². The lowest BCUT2D eigenvalue weighted by molar-refractivity contribution is -0.605. The number of pyridine rings is 1. The Morgan fingerprint density at radius 2 is 2.15 bits per heavy atom. The maximum atomic E-state index is 10.7. The van der Waals surface area contributed by atoms with Crippen LogP contribution in [0.25, 0.3) is 0 Å². The summed E-state index contributed by atoms with van der Waals surface area (Å²) in [5.74, 6) is -0.269. The molecule has 13 heavy (non-hydrogen) atoms. The summed E-state index contributed by atoms with van der Waals surface area (Å²) in [5.41, 5.74) is 0.866. The van der Waals surface area contributed by atoms with Gasteiger partial charge in [-0.1, -0.05) is 0 Å². The molecule has 1 aromatic heterocycles. The molecule has 1 heterocycles. The Morgan fingerprint density at radius 1 is 1.54 bits per heavy atom. The molecule has 1 rings (SSSR count). The van der Waals surface area contributed by atoms with Crippen LogP contribution in [-0.4, -0.2) is 11.8 Å². The van der Waals surface area contributed by atoms with Gasteiger partial charge < -0.3 is 10.5 Å². The van der Waals surface area contributed by atoms with E-state index in [2.05, 4.69) is 5.32 Å². The van der Waals surface area contributed by atoms with Gasteiger partial charge in [0.2, 0.25) is 5.91 Å². The molecule has 0 aliphatic carbocycles. The van der Waals surface area contributed by atoms with Crippen molar-refractivity contribution in [2.75, 3.05) is 5.88 Å². The molecule has 0 aliphatic heterocycles. The van der Waals surface area contributed by atoms with Gasteiger partial charge in [-0.25, -0.2) is 0 Å². The summed E-state index contributed by atoms with van der Waals surface area (Å²) in [6.45, 7) is 0.395. The Morgan fingerprint density at radius 3 is 2.69 bits per heavy atom. The molecule has 1 N–H and O–H groups in total. The summed E-state index contributed by atoms with van der Waals surface area (Å²) in [7, 11) is 0. The average Bonchev–Trinajstić information content (AvgIpc) is 2.16. The minimum absolute atomic E-state index is 0.0472. The fraction of sp³-hybridized carbons (Fsp3) is 0.250. The topological polar surface area (TPSA) is 56.0 Å². The summed E-state index contributed by atoms with van der Waals surface area (Å²) in [6.07, 6.45) is 2.75. The first-order valence-electron chi connectivity index (χ1n) is 3.73. The van der Waals surface area contributed by atoms with Gasteiger partial charge in [-0.05, 0) is 5.56 Å². The second kappa shape index (κ2) is 4.67. The fourth-order valence-electron chi connectivity index (χ4n) is 0.809. The molecule has 0 spiro atoms. The summed E-state index contributed by atoms with van der Waals surface area (Å²) < 4.78 is 0.687. The van der Waals surface area contributed by atoms with E-state index in [1.54, 1.807) is 12.1 Å². The maximum Gasteiger partial charge on any atom is 0.235 e. The SMILES string of the molecule is O=C(CCl)NCc1cc[n+]([O-])cc1. The van der Waals surface area contributed by atoms with Crippen molar-refractivity contribution >= 4 is 17.5 Å². The zero-order chi connectivity index (χ0) is 9.68. The number of alkyl halides is 1. The van der Waals surface area contributed by atoms with Crippen molar-refractivity contribution in [2.45, 2.75) is 6.54 Å². The molecule has 0 aromatic carbocycles. The van der Waals surface area contributed by atoms with Crippen LogP contribution in [0.15, 0.2) is 24.5 Å². The van der Waals surface area contributed by atoms with Crippen LogP contribution in [0.3, 0.4) is 0 Å². The van der Waals surface area contributed by atoms with Crippen LogP contribution >= 0.6 is 11.6 Å². The van der Waals surface area contributed by atoms with E-state index in [9.17, 15) is 10.0 Å². The van der Waals surface area contributed by atoms with E-state index in [0.29, 0.717) is 11.3 Å². The molecule has 5 heteroatoms. The zero-order valence-corrected chi connectivity index (χ0v) is 7.62. The van der Waals surface area contributed by atoms with E-state index < -0.39 is 0 Å². The smallest absolute Gasteiger partial charge is 0.235 e. The second-order valence-electron chi connectivity index (χ2n) is 2.48. The van der Waals surface area contributed by atoms with Gasteiger partial charge in [0.05, 0.1) is 0 Å². The Hall–Kier alpha value is -1.29. The number of nitrogens with one attached hydrogen (secondary N) is 1. The van der Waals surface area contributed by atoms with Gasteiger partial charge in [-0.2, -0.15) is 4.73 Å². The van der Waals surface area contributed by atoms with Gasteiger partial charge >= 0.3 is 0 Å². The maximum absolute atomic E-state index is 10.7. The van der Waals surface area contributed by atoms with Crippen molar-refractivity contribution in [2.24, 2.45) is 0 Å². The number of rotatable bonds is 3. The number of halogens is 1. The van der Waals surface area contributed by atoms with E-state index in [1.165, 1.54) is 12.4 Å². The van der Waals surface area contributed by atoms with Gasteiger partial charge in [0.15, 0.2) is 12.4 Å². The van der Waals surface area contributed by atoms with Gasteiger partial charge in [-0.15, -0.1) is 11.6 Å². The molecule has 1 aromatic rings. The molecule has 4 nitrogen and oxygen atoms in total. The predicted octanol–water partition coefficient (Wildman–Crippen LogP) is 0.175. The van der Waals surface area contributed by atoms with Gasteiger partial charge in [0, 0.05) is 18.7 Å². The first-order valence-corrected chi connectivity index (χ1v) is 4.26. The lowest BCUT2D eigenvalue weighted by Gasteiger charge is -2.02. The normalized spacial score (nSPS) is 9.62. The fourth-order valence-corrected chi connectivity index (χ4v) is 0.904.